The Morgan fingerprint density at radius 3 is 1.81 bits per heavy atom. The van der Waals surface area contributed by atoms with Gasteiger partial charge in [-0.25, -0.2) is 0 Å². The third-order valence-corrected chi connectivity index (χ3v) is 2.95. The molecule has 0 aromatic heterocycles. The van der Waals surface area contributed by atoms with Gasteiger partial charge in [0.15, 0.2) is 0 Å². The number of nitrogens with zero attached hydrogens (tertiary/aromatic N) is 2. The highest BCUT2D eigenvalue weighted by atomic mass is 16.3. The first-order valence-corrected chi connectivity index (χ1v) is 6.37. The van der Waals surface area contributed by atoms with E-state index in [0.717, 1.165) is 17.1 Å². The Morgan fingerprint density at radius 1 is 0.905 bits per heavy atom. The van der Waals surface area contributed by atoms with E-state index in [-0.39, 0.29) is 5.56 Å². The van der Waals surface area contributed by atoms with Crippen LogP contribution in [0.5, 0.6) is 0 Å². The molecular weight excluding hydrogens is 268 g/mol. The van der Waals surface area contributed by atoms with Crippen molar-refractivity contribution in [1.29, 1.82) is 0 Å². The summed E-state index contributed by atoms with van der Waals surface area (Å²) in [5.74, 6) is -0.770. The van der Waals surface area contributed by atoms with E-state index in [1.807, 2.05) is 43.3 Å². The van der Waals surface area contributed by atoms with Gasteiger partial charge in [0, 0.05) is 30.5 Å². The maximum Gasteiger partial charge on any atom is 0.316 e. The van der Waals surface area contributed by atoms with Crippen molar-refractivity contribution >= 4 is 23.0 Å². The fourth-order valence-electron chi connectivity index (χ4n) is 1.74. The van der Waals surface area contributed by atoms with Gasteiger partial charge >= 0.3 is 5.91 Å². The molecule has 1 amide bonds. The molecule has 2 rings (SSSR count). The summed E-state index contributed by atoms with van der Waals surface area (Å²) in [4.78, 5) is 23.2. The number of carbonyl (C=O) groups excluding carboxylic acids is 1. The van der Waals surface area contributed by atoms with Crippen LogP contribution in [0.15, 0.2) is 53.7 Å². The molecule has 2 aromatic carbocycles. The molecular formula is C15H16N4O2. The van der Waals surface area contributed by atoms with Crippen LogP contribution >= 0.6 is 0 Å². The minimum absolute atomic E-state index is 0.269. The number of benzene rings is 2. The Bertz CT molecular complexity index is 621. The number of hydrogen-bond acceptors (Lipinski definition) is 5. The van der Waals surface area contributed by atoms with Gasteiger partial charge in [0.05, 0.1) is 11.4 Å². The fourth-order valence-corrected chi connectivity index (χ4v) is 1.74. The van der Waals surface area contributed by atoms with Crippen molar-refractivity contribution in [2.75, 3.05) is 29.8 Å². The zero-order valence-corrected chi connectivity index (χ0v) is 11.8. The van der Waals surface area contributed by atoms with Gasteiger partial charge in [0.2, 0.25) is 0 Å². The minimum Gasteiger partial charge on any atom is -0.378 e. The molecule has 6 nitrogen and oxygen atoms in total. The molecule has 21 heavy (non-hydrogen) atoms. The summed E-state index contributed by atoms with van der Waals surface area (Å²) in [6, 6.07) is 14.4. The van der Waals surface area contributed by atoms with Crippen molar-refractivity contribution in [3.63, 3.8) is 0 Å². The molecule has 0 aliphatic heterocycles. The van der Waals surface area contributed by atoms with Crippen molar-refractivity contribution < 1.29 is 4.79 Å². The summed E-state index contributed by atoms with van der Waals surface area (Å²) >= 11 is 0. The fraction of sp³-hybridized carbons (Fsp3) is 0.133. The number of nitrogens with one attached hydrogen (secondary N) is 2. The molecule has 108 valence electrons. The quantitative estimate of drug-likeness (QED) is 0.652. The van der Waals surface area contributed by atoms with Crippen molar-refractivity contribution in [3.8, 4) is 0 Å². The van der Waals surface area contributed by atoms with Crippen LogP contribution in [0.2, 0.25) is 0 Å². The van der Waals surface area contributed by atoms with Gasteiger partial charge < -0.3 is 15.8 Å². The monoisotopic (exact) mass is 284 g/mol. The van der Waals surface area contributed by atoms with Crippen LogP contribution in [-0.4, -0.2) is 20.0 Å². The lowest BCUT2D eigenvalue weighted by molar-refractivity contribution is 0.100. The largest absolute Gasteiger partial charge is 0.378 e. The van der Waals surface area contributed by atoms with Crippen LogP contribution in [0.3, 0.4) is 0 Å². The second-order valence-corrected chi connectivity index (χ2v) is 4.67. The van der Waals surface area contributed by atoms with E-state index in [2.05, 4.69) is 16.0 Å². The number of rotatable bonds is 5. The molecule has 0 fully saturated rings. The predicted octanol–water partition coefficient (Wildman–Crippen LogP) is 3.10. The van der Waals surface area contributed by atoms with Crippen LogP contribution in [0, 0.1) is 4.91 Å². The molecule has 0 aliphatic carbocycles. The number of carbonyl (C=O) groups is 1. The van der Waals surface area contributed by atoms with Crippen LogP contribution in [0.25, 0.3) is 0 Å². The lowest BCUT2D eigenvalue weighted by Gasteiger charge is -2.14. The van der Waals surface area contributed by atoms with E-state index in [9.17, 15) is 9.70 Å². The van der Waals surface area contributed by atoms with Gasteiger partial charge in [0.1, 0.15) is 0 Å². The zero-order valence-electron chi connectivity index (χ0n) is 11.8. The highest BCUT2D eigenvalue weighted by Crippen LogP contribution is 2.16. The average molecular weight is 284 g/mol. The molecule has 0 spiro atoms. The van der Waals surface area contributed by atoms with Crippen molar-refractivity contribution in [3.05, 3.63) is 59.0 Å². The predicted molar refractivity (Wildman–Crippen MR) is 84.6 cm³/mol. The van der Waals surface area contributed by atoms with Crippen molar-refractivity contribution in [2.45, 2.75) is 0 Å². The highest BCUT2D eigenvalue weighted by Gasteiger charge is 2.04. The molecule has 0 aliphatic rings. The number of hydrazine groups is 1. The van der Waals surface area contributed by atoms with Gasteiger partial charge in [-0.15, -0.1) is 4.91 Å². The molecule has 0 heterocycles. The van der Waals surface area contributed by atoms with Crippen molar-refractivity contribution in [1.82, 2.24) is 0 Å². The summed E-state index contributed by atoms with van der Waals surface area (Å²) in [6.07, 6.45) is 0. The van der Waals surface area contributed by atoms with Crippen molar-refractivity contribution in [2.24, 2.45) is 5.18 Å². The van der Waals surface area contributed by atoms with Crippen LogP contribution < -0.4 is 15.8 Å². The van der Waals surface area contributed by atoms with Gasteiger partial charge in [-0.2, -0.15) is 0 Å². The summed E-state index contributed by atoms with van der Waals surface area (Å²) in [5, 5.41) is 2.38. The summed E-state index contributed by atoms with van der Waals surface area (Å²) in [5.41, 5.74) is 9.13. The zero-order chi connectivity index (χ0) is 15.2. The molecule has 0 saturated heterocycles. The summed E-state index contributed by atoms with van der Waals surface area (Å²) < 4.78 is 0. The molecule has 0 bridgehead atoms. The highest BCUT2D eigenvalue weighted by molar-refractivity contribution is 5.95. The molecule has 0 radical (unpaired) electrons. The van der Waals surface area contributed by atoms with Crippen LogP contribution in [0.1, 0.15) is 10.4 Å². The Labute approximate surface area is 122 Å². The number of amides is 1. The number of anilines is 3. The molecule has 2 aromatic rings. The lowest BCUT2D eigenvalue weighted by atomic mass is 10.2. The minimum atomic E-state index is -0.770. The van der Waals surface area contributed by atoms with E-state index in [0.29, 0.717) is 0 Å². The van der Waals surface area contributed by atoms with Crippen LogP contribution in [0.4, 0.5) is 17.1 Å². The second kappa shape index (κ2) is 6.51. The number of hydrogen-bond donors (Lipinski definition) is 2. The van der Waals surface area contributed by atoms with E-state index >= 15 is 0 Å². The summed E-state index contributed by atoms with van der Waals surface area (Å²) in [7, 11) is 3.97. The number of nitroso groups, excluding NO2 is 1. The smallest absolute Gasteiger partial charge is 0.316 e. The molecule has 2 N–H and O–H groups in total. The Hall–Kier alpha value is -2.89. The van der Waals surface area contributed by atoms with E-state index in [1.54, 1.807) is 24.3 Å². The first-order chi connectivity index (χ1) is 10.1. The standard InChI is InChI=1S/C15H16N4O2/c1-19(2)14-9-7-13(8-10-14)17-16-12-5-3-11(4-6-12)15(20)18-21/h3-10,16-17H,1-2H3. The Balaban J connectivity index is 1.96. The molecule has 0 unspecified atom stereocenters. The topological polar surface area (TPSA) is 73.8 Å². The van der Waals surface area contributed by atoms with E-state index in [4.69, 9.17) is 0 Å². The van der Waals surface area contributed by atoms with E-state index < -0.39 is 5.91 Å². The molecule has 0 saturated carbocycles. The third-order valence-electron chi connectivity index (χ3n) is 2.95. The molecule has 6 heteroatoms. The summed E-state index contributed by atoms with van der Waals surface area (Å²) in [6.45, 7) is 0. The SMILES string of the molecule is CN(C)c1ccc(NNc2ccc(C(=O)N=O)cc2)cc1. The van der Waals surface area contributed by atoms with Gasteiger partial charge in [0.25, 0.3) is 0 Å². The normalized spacial score (nSPS) is 9.81. The van der Waals surface area contributed by atoms with Gasteiger partial charge in [-0.1, -0.05) is 0 Å². The first kappa shape index (κ1) is 14.5. The van der Waals surface area contributed by atoms with Crippen LogP contribution in [-0.2, 0) is 0 Å². The van der Waals surface area contributed by atoms with Gasteiger partial charge in [-0.05, 0) is 48.5 Å². The van der Waals surface area contributed by atoms with E-state index in [1.165, 1.54) is 0 Å². The Kier molecular flexibility index (Phi) is 4.50. The molecule has 0 atom stereocenters. The average Bonchev–Trinajstić information content (AvgIpc) is 2.53. The second-order valence-electron chi connectivity index (χ2n) is 4.67. The Morgan fingerprint density at radius 2 is 1.38 bits per heavy atom. The van der Waals surface area contributed by atoms with Gasteiger partial charge in [-0.3, -0.25) is 4.79 Å². The maximum atomic E-state index is 11.1. The third kappa shape index (κ3) is 3.79. The first-order valence-electron chi connectivity index (χ1n) is 6.37. The maximum absolute atomic E-state index is 11.1. The lowest BCUT2D eigenvalue weighted by Crippen LogP contribution is -2.10.